The van der Waals surface area contributed by atoms with Crippen LogP contribution >= 0.6 is 109 Å². The fourth-order valence-corrected chi connectivity index (χ4v) is 20.1. The van der Waals surface area contributed by atoms with E-state index in [0.29, 0.717) is 0 Å². The maximum atomic E-state index is 4.95. The van der Waals surface area contributed by atoms with Crippen LogP contribution in [0.4, 0.5) is 0 Å². The molecule has 626 valence electrons. The molecule has 0 N–H and O–H groups in total. The molecule has 0 bridgehead atoms. The van der Waals surface area contributed by atoms with Crippen molar-refractivity contribution < 1.29 is 70.2 Å². The molecule has 132 heavy (non-hydrogen) atoms. The molecular formula is C120H84Br5Cl3Li2Zn2. The van der Waals surface area contributed by atoms with Gasteiger partial charge in [0, 0.05) is 22.4 Å². The van der Waals surface area contributed by atoms with Gasteiger partial charge in [0.2, 0.25) is 0 Å². The molecule has 0 aliphatic rings. The van der Waals surface area contributed by atoms with Crippen LogP contribution in [-0.4, -0.2) is 0 Å². The van der Waals surface area contributed by atoms with Crippen molar-refractivity contribution in [3.63, 3.8) is 0 Å². The van der Waals surface area contributed by atoms with E-state index >= 15 is 0 Å². The Morgan fingerprint density at radius 1 is 0.227 bits per heavy atom. The van der Waals surface area contributed by atoms with Crippen LogP contribution in [0.3, 0.4) is 0 Å². The normalized spacial score (nSPS) is 10.5. The van der Waals surface area contributed by atoms with Gasteiger partial charge >= 0.3 is 99.3 Å². The fraction of sp³-hybridized carbons (Fsp3) is 0.0250. The number of hydrogen-bond donors (Lipinski definition) is 0. The maximum absolute atomic E-state index is 4.95. The van der Waals surface area contributed by atoms with E-state index in [-0.39, 0.29) is 37.7 Å². The number of rotatable bonds is 12. The van der Waals surface area contributed by atoms with E-state index in [4.69, 9.17) is 29.1 Å². The number of benzene rings is 22. The van der Waals surface area contributed by atoms with Crippen molar-refractivity contribution in [2.75, 3.05) is 0 Å². The molecule has 0 saturated heterocycles. The molecule has 12 heteroatoms. The molecule has 0 saturated carbocycles. The third-order valence-electron chi connectivity index (χ3n) is 22.7. The van der Waals surface area contributed by atoms with Gasteiger partial charge in [0.25, 0.3) is 0 Å². The van der Waals surface area contributed by atoms with Crippen LogP contribution in [0.5, 0.6) is 0 Å². The molecular weight excluding hydrogens is 2090 g/mol. The molecule has 22 aromatic rings. The first kappa shape index (κ1) is 100. The molecule has 0 atom stereocenters. The monoisotopic (exact) mass is 2170 g/mol. The van der Waals surface area contributed by atoms with Gasteiger partial charge in [-0.1, -0.05) is 480 Å². The Hall–Kier alpha value is -9.37. The molecule has 0 heterocycles. The number of unbranched alkanes of at least 4 members (excludes halogenated alkanes) is 1. The van der Waals surface area contributed by atoms with Gasteiger partial charge in [-0.25, -0.2) is 0 Å². The fourth-order valence-electron chi connectivity index (χ4n) is 16.8. The van der Waals surface area contributed by atoms with Crippen LogP contribution in [0.2, 0.25) is 0 Å². The zero-order valence-electron chi connectivity index (χ0n) is 73.4. The van der Waals surface area contributed by atoms with Gasteiger partial charge < -0.3 is 6.92 Å². The summed E-state index contributed by atoms with van der Waals surface area (Å²) in [6.07, 6.45) is 2.28. The largest absolute Gasteiger partial charge is 1.00 e. The van der Waals surface area contributed by atoms with E-state index in [1.165, 1.54) is 182 Å². The van der Waals surface area contributed by atoms with E-state index in [2.05, 4.69) is 470 Å². The van der Waals surface area contributed by atoms with E-state index < -0.39 is 15.1 Å². The van der Waals surface area contributed by atoms with Crippen LogP contribution in [0.1, 0.15) is 19.8 Å². The average molecular weight is 2180 g/mol. The summed E-state index contributed by atoms with van der Waals surface area (Å²) in [5, 5.41) is 15.1. The van der Waals surface area contributed by atoms with Crippen LogP contribution in [0.15, 0.2) is 477 Å². The van der Waals surface area contributed by atoms with Crippen molar-refractivity contribution in [3.05, 3.63) is 496 Å². The Morgan fingerprint density at radius 3 is 0.644 bits per heavy atom. The predicted molar refractivity (Wildman–Crippen MR) is 573 cm³/mol. The molecule has 0 fully saturated rings. The Balaban J connectivity index is 0.000000174. The van der Waals surface area contributed by atoms with Crippen LogP contribution < -0.4 is 37.7 Å². The standard InChI is InChI=1S/C64H42.C16H6Br4.C12H9Br.2C12H9.C4H9.3ClH.2Li.2Zn/c1-5-21-43(22-6-1)47-29-13-17-33-51(47)59-41-60(52-34-18-14-30-48(52)44-23-7-2-8-24-44)56-39-40-58-62(54-36-20-16-32-50(54)46-27-11-4-12-28-46)42-61(57-38-37-55(59)63(56)64(57)58)53-35-19-15-31-49(53)45-25-9-3-10-26-45;17-11-5-13(19)9-3-4-10-14(20)6-12(18)8-2-1-7(11)15(9)16(8)10;13-12-9-5-4-8-11(12)10-6-2-1-3-7-10;2*1-3-7-11(8-4-1)12-9-5-2-6-10-12;1-3-4-2;;;;;;;/h1-42H;1-6H;1-9H;2*1-9H;1,3-4H2,2H3;3*1H;;;;/q;;;3*-1;;;;2*+1;2*+2/p-3. The van der Waals surface area contributed by atoms with Gasteiger partial charge in [0.15, 0.2) is 0 Å². The predicted octanol–water partition coefficient (Wildman–Crippen LogP) is 33.7. The summed E-state index contributed by atoms with van der Waals surface area (Å²) in [6, 6.07) is 168. The second kappa shape index (κ2) is 50.3. The minimum Gasteiger partial charge on any atom is -0.147 e. The molecule has 0 unspecified atom stereocenters. The average Bonchev–Trinajstić information content (AvgIpc) is 0.684. The topological polar surface area (TPSA) is 0 Å². The first-order valence-corrected chi connectivity index (χ1v) is 58.5. The summed E-state index contributed by atoms with van der Waals surface area (Å²) in [7, 11) is 14.7. The van der Waals surface area contributed by atoms with Gasteiger partial charge in [-0.05, 0) is 195 Å². The van der Waals surface area contributed by atoms with Crippen molar-refractivity contribution in [2.45, 2.75) is 19.8 Å². The summed E-state index contributed by atoms with van der Waals surface area (Å²) in [5.41, 5.74) is 26.7. The molecule has 0 aromatic heterocycles. The van der Waals surface area contributed by atoms with Gasteiger partial charge in [0.1, 0.15) is 0 Å². The quantitative estimate of drug-likeness (QED) is 0.0650. The number of hydrogen-bond acceptors (Lipinski definition) is 0. The Morgan fingerprint density at radius 2 is 0.417 bits per heavy atom. The summed E-state index contributed by atoms with van der Waals surface area (Å²) >= 11 is 18.2. The second-order valence-electron chi connectivity index (χ2n) is 30.5. The smallest absolute Gasteiger partial charge is 0.147 e. The van der Waals surface area contributed by atoms with Crippen LogP contribution in [-0.2, 0) is 32.5 Å². The Kier molecular flexibility index (Phi) is 38.1. The van der Waals surface area contributed by atoms with Gasteiger partial charge in [-0.15, -0.1) is 71.8 Å². The van der Waals surface area contributed by atoms with E-state index in [0.717, 1.165) is 57.2 Å². The number of halogens is 8. The van der Waals surface area contributed by atoms with Crippen molar-refractivity contribution in [1.82, 2.24) is 0 Å². The minimum atomic E-state index is -0.931. The maximum Gasteiger partial charge on any atom is 1.00 e. The molecule has 0 amide bonds. The van der Waals surface area contributed by atoms with E-state index in [1.54, 1.807) is 0 Å². The second-order valence-corrected chi connectivity index (χ2v) is 39.4. The molecule has 0 aliphatic heterocycles. The molecule has 22 aromatic carbocycles. The third kappa shape index (κ3) is 23.6. The van der Waals surface area contributed by atoms with Crippen molar-refractivity contribution in [1.29, 1.82) is 0 Å². The van der Waals surface area contributed by atoms with Gasteiger partial charge in [-0.3, -0.25) is 0 Å². The Labute approximate surface area is 871 Å². The molecule has 22 rings (SSSR count). The summed E-state index contributed by atoms with van der Waals surface area (Å²) in [4.78, 5) is 0. The minimum absolute atomic E-state index is 0. The van der Waals surface area contributed by atoms with Gasteiger partial charge in [-0.2, -0.15) is 6.42 Å². The van der Waals surface area contributed by atoms with E-state index in [1.807, 2.05) is 91.0 Å². The summed E-state index contributed by atoms with van der Waals surface area (Å²) in [6.45, 7) is 5.72. The molecule has 0 radical (unpaired) electrons. The van der Waals surface area contributed by atoms with Crippen LogP contribution in [0, 0.1) is 19.1 Å². The van der Waals surface area contributed by atoms with E-state index in [9.17, 15) is 0 Å². The van der Waals surface area contributed by atoms with Crippen molar-refractivity contribution in [2.24, 2.45) is 0 Å². The third-order valence-corrected chi connectivity index (χ3v) is 26.0. The zero-order valence-corrected chi connectivity index (χ0v) is 89.5. The van der Waals surface area contributed by atoms with Crippen molar-refractivity contribution in [3.8, 4) is 122 Å². The molecule has 0 nitrogen and oxygen atoms in total. The van der Waals surface area contributed by atoms with Crippen molar-refractivity contribution >= 4 is 173 Å². The van der Waals surface area contributed by atoms with Gasteiger partial charge in [0.05, 0.1) is 0 Å². The summed E-state index contributed by atoms with van der Waals surface area (Å²) < 4.78 is 5.59. The zero-order chi connectivity index (χ0) is 90.1. The Bertz CT molecular complexity index is 6640. The summed E-state index contributed by atoms with van der Waals surface area (Å²) in [5.74, 6) is 0. The molecule has 0 aliphatic carbocycles. The molecule has 0 spiro atoms. The SMILES string of the molecule is Brc1cc(Br)c2ccc3c(Br)cc(Br)c4ccc1c2c43.Brc1ccccc1-c1ccccc1.[CH2-]CCC.[Cl][Zn+].[Cl][Zn][Cl].[Li+].[Li+].[c-]1ccccc1-c1ccccc1.[c-]1ccccc1-c1ccccc1.c1ccc(-c2ccccc2-c2cc(-c3ccccc3-c3ccccc3)c3ccc4c(-c5ccccc5-c5ccccc5)cc(-c5ccccc5-c5ccccc5)c5ccc2c3c54)cc1. The van der Waals surface area contributed by atoms with Crippen LogP contribution in [0.25, 0.3) is 187 Å². The first-order valence-electron chi connectivity index (χ1n) is 42.8. The first-order chi connectivity index (χ1) is 64.0.